The molecule has 0 radical (unpaired) electrons. The molecule has 0 bridgehead atoms. The third kappa shape index (κ3) is 3.63. The quantitative estimate of drug-likeness (QED) is 0.805. The Morgan fingerprint density at radius 2 is 2.11 bits per heavy atom. The lowest BCUT2D eigenvalue weighted by molar-refractivity contribution is -0.111. The Labute approximate surface area is 164 Å². The number of fused-ring (bicyclic) bond motifs is 2. The molecule has 0 spiro atoms. The molecule has 0 aliphatic carbocycles. The molecular formula is C22H24N2O4. The second kappa shape index (κ2) is 7.84. The minimum absolute atomic E-state index is 0.185. The molecule has 0 saturated heterocycles. The van der Waals surface area contributed by atoms with Crippen LogP contribution in [0.5, 0.6) is 17.2 Å². The minimum atomic E-state index is -0.185. The predicted octanol–water partition coefficient (Wildman–Crippen LogP) is 3.50. The van der Waals surface area contributed by atoms with Crippen LogP contribution in [-0.4, -0.2) is 39.3 Å². The first-order valence-electron chi connectivity index (χ1n) is 9.52. The number of carbonyl (C=O) groups excluding carboxylic acids is 1. The Kier molecular flexibility index (Phi) is 5.10. The lowest BCUT2D eigenvalue weighted by Gasteiger charge is -2.20. The minimum Gasteiger partial charge on any atom is -0.493 e. The molecule has 0 aromatic heterocycles. The standard InChI is InChI=1S/C22H24N2O4/c1-3-24-9-8-16-5-6-17(14-18(16)24)23-21(25)7-4-15-12-19(26-2)22-20(13-15)27-10-11-28-22/h4-7,12-14H,3,8-11H2,1-2H3,(H,23,25)/b7-4+. The largest absolute Gasteiger partial charge is 0.493 e. The van der Waals surface area contributed by atoms with Gasteiger partial charge in [-0.3, -0.25) is 4.79 Å². The second-order valence-corrected chi connectivity index (χ2v) is 6.74. The van der Waals surface area contributed by atoms with Crippen LogP contribution in [0.3, 0.4) is 0 Å². The summed E-state index contributed by atoms with van der Waals surface area (Å²) in [5, 5.41) is 2.94. The van der Waals surface area contributed by atoms with Gasteiger partial charge in [0.05, 0.1) is 7.11 Å². The van der Waals surface area contributed by atoms with E-state index in [0.29, 0.717) is 30.5 Å². The number of carbonyl (C=O) groups is 1. The Bertz CT molecular complexity index is 906. The highest BCUT2D eigenvalue weighted by atomic mass is 16.6. The first kappa shape index (κ1) is 18.2. The van der Waals surface area contributed by atoms with Gasteiger partial charge >= 0.3 is 0 Å². The lowest BCUT2D eigenvalue weighted by Crippen LogP contribution is -2.19. The fourth-order valence-corrected chi connectivity index (χ4v) is 3.60. The van der Waals surface area contributed by atoms with E-state index in [-0.39, 0.29) is 5.91 Å². The second-order valence-electron chi connectivity index (χ2n) is 6.74. The Hall–Kier alpha value is -3.15. The van der Waals surface area contributed by atoms with Gasteiger partial charge < -0.3 is 24.4 Å². The van der Waals surface area contributed by atoms with Crippen LogP contribution in [0.15, 0.2) is 36.4 Å². The highest BCUT2D eigenvalue weighted by Crippen LogP contribution is 2.40. The van der Waals surface area contributed by atoms with E-state index < -0.39 is 0 Å². The number of benzene rings is 2. The number of amides is 1. The summed E-state index contributed by atoms with van der Waals surface area (Å²) in [7, 11) is 1.58. The number of nitrogens with one attached hydrogen (secondary N) is 1. The van der Waals surface area contributed by atoms with Crippen LogP contribution >= 0.6 is 0 Å². The number of methoxy groups -OCH3 is 1. The molecule has 0 atom stereocenters. The third-order valence-corrected chi connectivity index (χ3v) is 5.00. The molecule has 2 aliphatic heterocycles. The lowest BCUT2D eigenvalue weighted by atomic mass is 10.1. The van der Waals surface area contributed by atoms with E-state index in [1.807, 2.05) is 24.3 Å². The first-order chi connectivity index (χ1) is 13.7. The number of ether oxygens (including phenoxy) is 3. The molecule has 6 heteroatoms. The van der Waals surface area contributed by atoms with E-state index in [2.05, 4.69) is 23.2 Å². The van der Waals surface area contributed by atoms with Crippen LogP contribution in [0.25, 0.3) is 6.08 Å². The van der Waals surface area contributed by atoms with Crippen molar-refractivity contribution in [3.05, 3.63) is 47.5 Å². The van der Waals surface area contributed by atoms with Crippen molar-refractivity contribution in [2.75, 3.05) is 43.6 Å². The van der Waals surface area contributed by atoms with Gasteiger partial charge in [-0.05, 0) is 54.8 Å². The molecule has 28 heavy (non-hydrogen) atoms. The molecule has 4 rings (SSSR count). The average Bonchev–Trinajstić information content (AvgIpc) is 3.14. The Balaban J connectivity index is 1.48. The molecule has 2 aliphatic rings. The van der Waals surface area contributed by atoms with E-state index in [1.165, 1.54) is 17.3 Å². The number of nitrogens with zero attached hydrogens (tertiary/aromatic N) is 1. The molecule has 2 aromatic carbocycles. The normalized spacial score (nSPS) is 14.9. The van der Waals surface area contributed by atoms with Gasteiger partial charge in [0.25, 0.3) is 0 Å². The van der Waals surface area contributed by atoms with Gasteiger partial charge in [0.15, 0.2) is 11.5 Å². The van der Waals surface area contributed by atoms with Crippen LogP contribution in [0, 0.1) is 0 Å². The molecule has 2 heterocycles. The van der Waals surface area contributed by atoms with Gasteiger partial charge in [0.2, 0.25) is 11.7 Å². The smallest absolute Gasteiger partial charge is 0.248 e. The van der Waals surface area contributed by atoms with E-state index in [0.717, 1.165) is 30.8 Å². The van der Waals surface area contributed by atoms with Gasteiger partial charge in [-0.2, -0.15) is 0 Å². The summed E-state index contributed by atoms with van der Waals surface area (Å²) >= 11 is 0. The van der Waals surface area contributed by atoms with Crippen molar-refractivity contribution in [3.63, 3.8) is 0 Å². The van der Waals surface area contributed by atoms with Crippen LogP contribution in [0.1, 0.15) is 18.1 Å². The predicted molar refractivity (Wildman–Crippen MR) is 110 cm³/mol. The molecule has 1 amide bonds. The van der Waals surface area contributed by atoms with Crippen LogP contribution in [0.4, 0.5) is 11.4 Å². The Morgan fingerprint density at radius 1 is 1.25 bits per heavy atom. The van der Waals surface area contributed by atoms with Crippen molar-refractivity contribution in [1.82, 2.24) is 0 Å². The van der Waals surface area contributed by atoms with Crippen LogP contribution < -0.4 is 24.4 Å². The molecule has 0 unspecified atom stereocenters. The SMILES string of the molecule is CCN1CCc2ccc(NC(=O)/C=C/c3cc(OC)c4c(c3)OCCO4)cc21. The summed E-state index contributed by atoms with van der Waals surface area (Å²) in [4.78, 5) is 14.7. The van der Waals surface area contributed by atoms with Gasteiger partial charge in [0, 0.05) is 30.5 Å². The highest BCUT2D eigenvalue weighted by Gasteiger charge is 2.19. The summed E-state index contributed by atoms with van der Waals surface area (Å²) in [6.45, 7) is 5.14. The molecule has 146 valence electrons. The van der Waals surface area contributed by atoms with Crippen molar-refractivity contribution >= 4 is 23.4 Å². The van der Waals surface area contributed by atoms with E-state index in [9.17, 15) is 4.79 Å². The summed E-state index contributed by atoms with van der Waals surface area (Å²) in [6, 6.07) is 9.76. The maximum Gasteiger partial charge on any atom is 0.248 e. The third-order valence-electron chi connectivity index (χ3n) is 5.00. The maximum absolute atomic E-state index is 12.4. The Morgan fingerprint density at radius 3 is 2.93 bits per heavy atom. The number of likely N-dealkylation sites (N-methyl/N-ethyl adjacent to an activating group) is 1. The zero-order valence-electron chi connectivity index (χ0n) is 16.2. The molecule has 0 saturated carbocycles. The van der Waals surface area contributed by atoms with Crippen molar-refractivity contribution < 1.29 is 19.0 Å². The topological polar surface area (TPSA) is 60.0 Å². The summed E-state index contributed by atoms with van der Waals surface area (Å²) < 4.78 is 16.6. The van der Waals surface area contributed by atoms with Crippen molar-refractivity contribution in [2.45, 2.75) is 13.3 Å². The van der Waals surface area contributed by atoms with E-state index in [4.69, 9.17) is 14.2 Å². The van der Waals surface area contributed by atoms with Gasteiger partial charge in [-0.25, -0.2) is 0 Å². The average molecular weight is 380 g/mol. The number of hydrogen-bond acceptors (Lipinski definition) is 5. The van der Waals surface area contributed by atoms with Gasteiger partial charge in [0.1, 0.15) is 13.2 Å². The van der Waals surface area contributed by atoms with E-state index >= 15 is 0 Å². The molecule has 2 aromatic rings. The first-order valence-corrected chi connectivity index (χ1v) is 9.52. The van der Waals surface area contributed by atoms with Crippen molar-refractivity contribution in [1.29, 1.82) is 0 Å². The van der Waals surface area contributed by atoms with Gasteiger partial charge in [-0.1, -0.05) is 6.07 Å². The summed E-state index contributed by atoms with van der Waals surface area (Å²) in [5.41, 5.74) is 4.15. The molecular weight excluding hydrogens is 356 g/mol. The van der Waals surface area contributed by atoms with Crippen LogP contribution in [0.2, 0.25) is 0 Å². The molecule has 6 nitrogen and oxygen atoms in total. The van der Waals surface area contributed by atoms with E-state index in [1.54, 1.807) is 13.2 Å². The zero-order valence-corrected chi connectivity index (χ0v) is 16.2. The number of hydrogen-bond donors (Lipinski definition) is 1. The number of anilines is 2. The fourth-order valence-electron chi connectivity index (χ4n) is 3.60. The van der Waals surface area contributed by atoms with Crippen molar-refractivity contribution in [2.24, 2.45) is 0 Å². The maximum atomic E-state index is 12.4. The van der Waals surface area contributed by atoms with Crippen LogP contribution in [-0.2, 0) is 11.2 Å². The highest BCUT2D eigenvalue weighted by molar-refractivity contribution is 6.02. The monoisotopic (exact) mass is 380 g/mol. The number of rotatable bonds is 5. The molecule has 1 N–H and O–H groups in total. The summed E-state index contributed by atoms with van der Waals surface area (Å²) in [5.74, 6) is 1.64. The van der Waals surface area contributed by atoms with Crippen molar-refractivity contribution in [3.8, 4) is 17.2 Å². The fraction of sp³-hybridized carbons (Fsp3) is 0.318. The molecule has 0 fully saturated rings. The zero-order chi connectivity index (χ0) is 19.5. The van der Waals surface area contributed by atoms with Gasteiger partial charge in [-0.15, -0.1) is 0 Å². The summed E-state index contributed by atoms with van der Waals surface area (Å²) in [6.07, 6.45) is 4.31.